The summed E-state index contributed by atoms with van der Waals surface area (Å²) in [7, 11) is 0. The number of rotatable bonds is 4. The molecule has 122 valence electrons. The van der Waals surface area contributed by atoms with Crippen LogP contribution in [0.5, 0.6) is 11.5 Å². The molecule has 0 radical (unpaired) electrons. The van der Waals surface area contributed by atoms with E-state index in [1.807, 2.05) is 18.2 Å². The van der Waals surface area contributed by atoms with E-state index < -0.39 is 5.97 Å². The first-order valence-electron chi connectivity index (χ1n) is 7.36. The average molecular weight is 327 g/mol. The molecule has 1 aliphatic heterocycles. The number of nitrogens with zero attached hydrogens (tertiary/aromatic N) is 1. The minimum absolute atomic E-state index is 0.00636. The van der Waals surface area contributed by atoms with Gasteiger partial charge in [-0.15, -0.1) is 0 Å². The number of hydrogen-bond acceptors (Lipinski definition) is 7. The summed E-state index contributed by atoms with van der Waals surface area (Å²) < 4.78 is 26.4. The van der Waals surface area contributed by atoms with Crippen LogP contribution in [-0.4, -0.2) is 24.3 Å². The number of carbonyl (C=O) groups is 1. The van der Waals surface area contributed by atoms with E-state index in [1.54, 1.807) is 12.1 Å². The van der Waals surface area contributed by atoms with Gasteiger partial charge in [-0.3, -0.25) is 0 Å². The van der Waals surface area contributed by atoms with Crippen molar-refractivity contribution in [3.05, 3.63) is 54.1 Å². The molecule has 0 unspecified atom stereocenters. The van der Waals surface area contributed by atoms with Crippen LogP contribution in [0.25, 0.3) is 11.3 Å². The van der Waals surface area contributed by atoms with Crippen molar-refractivity contribution in [1.29, 1.82) is 0 Å². The zero-order valence-corrected chi connectivity index (χ0v) is 12.6. The Morgan fingerprint density at radius 1 is 1.12 bits per heavy atom. The van der Waals surface area contributed by atoms with Gasteiger partial charge in [-0.1, -0.05) is 5.16 Å². The molecular formula is C17H13NO6. The monoisotopic (exact) mass is 327 g/mol. The Balaban J connectivity index is 1.46. The molecule has 7 nitrogen and oxygen atoms in total. The number of aromatic nitrogens is 1. The van der Waals surface area contributed by atoms with Crippen LogP contribution in [0.4, 0.5) is 0 Å². The molecule has 7 heteroatoms. The fourth-order valence-electron chi connectivity index (χ4n) is 2.32. The summed E-state index contributed by atoms with van der Waals surface area (Å²) in [6, 6.07) is 10.4. The van der Waals surface area contributed by atoms with Crippen molar-refractivity contribution in [3.63, 3.8) is 0 Å². The predicted molar refractivity (Wildman–Crippen MR) is 80.8 cm³/mol. The molecule has 0 fully saturated rings. The van der Waals surface area contributed by atoms with Gasteiger partial charge in [0.25, 0.3) is 0 Å². The number of fused-ring (bicyclic) bond motifs is 1. The second-order valence-electron chi connectivity index (χ2n) is 5.09. The average Bonchev–Trinajstić information content (AvgIpc) is 3.31. The smallest absolute Gasteiger partial charge is 0.374 e. The summed E-state index contributed by atoms with van der Waals surface area (Å²) in [5.41, 5.74) is 1.30. The lowest BCUT2D eigenvalue weighted by Crippen LogP contribution is -2.15. The maximum absolute atomic E-state index is 11.7. The van der Waals surface area contributed by atoms with Gasteiger partial charge in [0.1, 0.15) is 25.5 Å². The third-order valence-electron chi connectivity index (χ3n) is 3.46. The van der Waals surface area contributed by atoms with Crippen molar-refractivity contribution in [2.24, 2.45) is 0 Å². The quantitative estimate of drug-likeness (QED) is 0.681. The fraction of sp³-hybridized carbons (Fsp3) is 0.176. The van der Waals surface area contributed by atoms with Crippen molar-refractivity contribution >= 4 is 5.97 Å². The Bertz CT molecular complexity index is 852. The molecule has 2 aromatic heterocycles. The van der Waals surface area contributed by atoms with Crippen LogP contribution < -0.4 is 9.47 Å². The van der Waals surface area contributed by atoms with Crippen LogP contribution in [-0.2, 0) is 11.3 Å². The van der Waals surface area contributed by atoms with Gasteiger partial charge < -0.3 is 23.2 Å². The molecule has 0 saturated heterocycles. The molecule has 4 rings (SSSR count). The van der Waals surface area contributed by atoms with Crippen LogP contribution in [0.3, 0.4) is 0 Å². The molecule has 1 aliphatic rings. The van der Waals surface area contributed by atoms with Crippen molar-refractivity contribution in [3.8, 4) is 22.8 Å². The SMILES string of the molecule is O=C(OCc1cc(-c2ccc3c(c2)OCCO3)on1)c1ccco1. The van der Waals surface area contributed by atoms with Gasteiger partial charge in [-0.05, 0) is 30.3 Å². The highest BCUT2D eigenvalue weighted by Gasteiger charge is 2.16. The van der Waals surface area contributed by atoms with Gasteiger partial charge in [0.15, 0.2) is 17.3 Å². The van der Waals surface area contributed by atoms with E-state index in [-0.39, 0.29) is 12.4 Å². The molecule has 0 saturated carbocycles. The highest BCUT2D eigenvalue weighted by atomic mass is 16.6. The number of esters is 1. The molecule has 3 heterocycles. The molecule has 0 spiro atoms. The molecule has 3 aromatic rings. The van der Waals surface area contributed by atoms with E-state index in [1.165, 1.54) is 12.3 Å². The second-order valence-corrected chi connectivity index (χ2v) is 5.09. The molecular weight excluding hydrogens is 314 g/mol. The minimum atomic E-state index is -0.552. The van der Waals surface area contributed by atoms with E-state index >= 15 is 0 Å². The van der Waals surface area contributed by atoms with Crippen LogP contribution in [0.2, 0.25) is 0 Å². The summed E-state index contributed by atoms with van der Waals surface area (Å²) in [4.78, 5) is 11.7. The summed E-state index contributed by atoms with van der Waals surface area (Å²) in [6.07, 6.45) is 1.41. The van der Waals surface area contributed by atoms with Crippen LogP contribution >= 0.6 is 0 Å². The lowest BCUT2D eigenvalue weighted by Gasteiger charge is -2.18. The maximum Gasteiger partial charge on any atom is 0.374 e. The Labute approximate surface area is 136 Å². The minimum Gasteiger partial charge on any atom is -0.486 e. The zero-order chi connectivity index (χ0) is 16.4. The molecule has 0 bridgehead atoms. The lowest BCUT2D eigenvalue weighted by molar-refractivity contribution is 0.0428. The highest BCUT2D eigenvalue weighted by molar-refractivity contribution is 5.86. The Hall–Kier alpha value is -3.22. The largest absolute Gasteiger partial charge is 0.486 e. The third-order valence-corrected chi connectivity index (χ3v) is 3.46. The van der Waals surface area contributed by atoms with Crippen molar-refractivity contribution < 1.29 is 27.9 Å². The topological polar surface area (TPSA) is 83.9 Å². The first-order valence-corrected chi connectivity index (χ1v) is 7.36. The standard InChI is InChI=1S/C17H13NO6/c19-17(14-2-1-5-20-14)23-10-12-9-15(24-18-12)11-3-4-13-16(8-11)22-7-6-21-13/h1-5,8-9H,6-7,10H2. The number of benzene rings is 1. The molecule has 0 amide bonds. The van der Waals surface area contributed by atoms with Crippen molar-refractivity contribution in [1.82, 2.24) is 5.16 Å². The van der Waals surface area contributed by atoms with E-state index in [4.69, 9.17) is 23.2 Å². The van der Waals surface area contributed by atoms with E-state index in [2.05, 4.69) is 5.16 Å². The molecule has 0 N–H and O–H groups in total. The van der Waals surface area contributed by atoms with E-state index in [9.17, 15) is 4.79 Å². The molecule has 24 heavy (non-hydrogen) atoms. The maximum atomic E-state index is 11.7. The normalized spacial score (nSPS) is 12.8. The van der Waals surface area contributed by atoms with Crippen molar-refractivity contribution in [2.45, 2.75) is 6.61 Å². The molecule has 1 aromatic carbocycles. The Kier molecular flexibility index (Phi) is 3.66. The van der Waals surface area contributed by atoms with Crippen LogP contribution in [0, 0.1) is 0 Å². The predicted octanol–water partition coefficient (Wildman–Crippen LogP) is 3.06. The summed E-state index contributed by atoms with van der Waals surface area (Å²) in [5, 5.41) is 3.90. The van der Waals surface area contributed by atoms with Crippen LogP contribution in [0.15, 0.2) is 51.6 Å². The first kappa shape index (κ1) is 14.4. The number of carbonyl (C=O) groups excluding carboxylic acids is 1. The van der Waals surface area contributed by atoms with Crippen LogP contribution in [0.1, 0.15) is 16.2 Å². The highest BCUT2D eigenvalue weighted by Crippen LogP contribution is 2.34. The summed E-state index contributed by atoms with van der Waals surface area (Å²) in [5.74, 6) is 1.52. The van der Waals surface area contributed by atoms with E-state index in [0.29, 0.717) is 36.2 Å². The Morgan fingerprint density at radius 2 is 2.00 bits per heavy atom. The van der Waals surface area contributed by atoms with Gasteiger partial charge in [0.05, 0.1) is 6.26 Å². The fourth-order valence-corrected chi connectivity index (χ4v) is 2.32. The summed E-state index contributed by atoms with van der Waals surface area (Å²) >= 11 is 0. The van der Waals surface area contributed by atoms with Gasteiger partial charge in [-0.2, -0.15) is 0 Å². The number of furan rings is 1. The van der Waals surface area contributed by atoms with Gasteiger partial charge in [-0.25, -0.2) is 4.79 Å². The summed E-state index contributed by atoms with van der Waals surface area (Å²) in [6.45, 7) is 1.05. The number of hydrogen-bond donors (Lipinski definition) is 0. The molecule has 0 atom stereocenters. The number of ether oxygens (including phenoxy) is 3. The van der Waals surface area contributed by atoms with Gasteiger partial charge in [0.2, 0.25) is 5.76 Å². The Morgan fingerprint density at radius 3 is 2.83 bits per heavy atom. The first-order chi connectivity index (χ1) is 11.8. The zero-order valence-electron chi connectivity index (χ0n) is 12.6. The van der Waals surface area contributed by atoms with Gasteiger partial charge >= 0.3 is 5.97 Å². The second kappa shape index (κ2) is 6.11. The van der Waals surface area contributed by atoms with E-state index in [0.717, 1.165) is 5.56 Å². The molecule has 0 aliphatic carbocycles. The third kappa shape index (κ3) is 2.83. The van der Waals surface area contributed by atoms with Crippen molar-refractivity contribution in [2.75, 3.05) is 13.2 Å². The van der Waals surface area contributed by atoms with Gasteiger partial charge in [0, 0.05) is 11.6 Å². The lowest BCUT2D eigenvalue weighted by atomic mass is 10.1.